The lowest BCUT2D eigenvalue weighted by molar-refractivity contribution is 0.0996. The summed E-state index contributed by atoms with van der Waals surface area (Å²) >= 11 is 6.22. The highest BCUT2D eigenvalue weighted by molar-refractivity contribution is 7.92. The van der Waals surface area contributed by atoms with Crippen molar-refractivity contribution in [3.63, 3.8) is 0 Å². The summed E-state index contributed by atoms with van der Waals surface area (Å²) in [6, 6.07) is 7.91. The van der Waals surface area contributed by atoms with Crippen molar-refractivity contribution in [2.24, 2.45) is 0 Å². The summed E-state index contributed by atoms with van der Waals surface area (Å²) in [5.41, 5.74) is 0.900. The van der Waals surface area contributed by atoms with E-state index in [1.54, 1.807) is 24.3 Å². The van der Waals surface area contributed by atoms with Gasteiger partial charge in [-0.1, -0.05) is 11.6 Å². The maximum Gasteiger partial charge on any atom is 0.291 e. The van der Waals surface area contributed by atoms with Crippen LogP contribution in [0, 0.1) is 0 Å². The smallest absolute Gasteiger partial charge is 0.291 e. The molecule has 0 saturated carbocycles. The number of sulfonamides is 1. The standard InChI is InChI=1S/C15H15ClN2O4S/c16-12-10-11(17-15(19)14-4-3-8-22-14)5-6-13(12)18-7-1-2-9-23(18,20)21/h3-6,8,10H,1-2,7,9H2,(H,17,19). The maximum absolute atomic E-state index is 12.1. The van der Waals surface area contributed by atoms with Crippen molar-refractivity contribution in [3.8, 4) is 0 Å². The molecule has 1 aromatic heterocycles. The lowest BCUT2D eigenvalue weighted by Crippen LogP contribution is -2.38. The minimum Gasteiger partial charge on any atom is -0.459 e. The fraction of sp³-hybridized carbons (Fsp3) is 0.267. The zero-order valence-electron chi connectivity index (χ0n) is 12.2. The maximum atomic E-state index is 12.1. The van der Waals surface area contributed by atoms with Crippen LogP contribution in [0.15, 0.2) is 41.0 Å². The van der Waals surface area contributed by atoms with Gasteiger partial charge in [-0.3, -0.25) is 9.10 Å². The predicted octanol–water partition coefficient (Wildman–Crippen LogP) is 3.12. The normalized spacial score (nSPS) is 17.0. The fourth-order valence-corrected chi connectivity index (χ4v) is 4.43. The lowest BCUT2D eigenvalue weighted by Gasteiger charge is -2.29. The summed E-state index contributed by atoms with van der Waals surface area (Å²) in [4.78, 5) is 11.9. The topological polar surface area (TPSA) is 79.6 Å². The second-order valence-corrected chi connectivity index (χ2v) is 7.61. The van der Waals surface area contributed by atoms with E-state index in [9.17, 15) is 13.2 Å². The first-order valence-electron chi connectivity index (χ1n) is 7.12. The van der Waals surface area contributed by atoms with Crippen LogP contribution in [0.2, 0.25) is 5.02 Å². The van der Waals surface area contributed by atoms with Crippen LogP contribution in [0.25, 0.3) is 0 Å². The molecule has 1 N–H and O–H groups in total. The number of hydrogen-bond acceptors (Lipinski definition) is 4. The van der Waals surface area contributed by atoms with Gasteiger partial charge in [0.25, 0.3) is 5.91 Å². The summed E-state index contributed by atoms with van der Waals surface area (Å²) in [6.07, 6.45) is 2.87. The zero-order valence-corrected chi connectivity index (χ0v) is 13.7. The molecule has 6 nitrogen and oxygen atoms in total. The summed E-state index contributed by atoms with van der Waals surface area (Å²) in [7, 11) is -3.32. The third-order valence-corrected chi connectivity index (χ3v) is 5.73. The Labute approximate surface area is 139 Å². The number of nitrogens with one attached hydrogen (secondary N) is 1. The van der Waals surface area contributed by atoms with E-state index in [1.807, 2.05) is 0 Å². The number of anilines is 2. The van der Waals surface area contributed by atoms with Crippen LogP contribution in [-0.4, -0.2) is 26.6 Å². The van der Waals surface area contributed by atoms with Crippen molar-refractivity contribution in [1.82, 2.24) is 0 Å². The minimum atomic E-state index is -3.32. The number of halogens is 1. The first-order valence-corrected chi connectivity index (χ1v) is 9.11. The number of carbonyl (C=O) groups excluding carboxylic acids is 1. The minimum absolute atomic E-state index is 0.125. The Morgan fingerprint density at radius 1 is 1.26 bits per heavy atom. The molecule has 0 aliphatic carbocycles. The Morgan fingerprint density at radius 3 is 2.74 bits per heavy atom. The van der Waals surface area contributed by atoms with E-state index in [4.69, 9.17) is 16.0 Å². The third kappa shape index (κ3) is 3.35. The molecule has 0 atom stereocenters. The van der Waals surface area contributed by atoms with Crippen LogP contribution < -0.4 is 9.62 Å². The molecule has 8 heteroatoms. The summed E-state index contributed by atoms with van der Waals surface area (Å²) in [5, 5.41) is 2.92. The number of benzene rings is 1. The van der Waals surface area contributed by atoms with Crippen LogP contribution in [-0.2, 0) is 10.0 Å². The van der Waals surface area contributed by atoms with E-state index in [-0.39, 0.29) is 16.5 Å². The van der Waals surface area contributed by atoms with E-state index in [0.29, 0.717) is 24.3 Å². The molecular weight excluding hydrogens is 340 g/mol. The van der Waals surface area contributed by atoms with Crippen molar-refractivity contribution in [1.29, 1.82) is 0 Å². The molecule has 1 aromatic carbocycles. The quantitative estimate of drug-likeness (QED) is 0.918. The Hall–Kier alpha value is -1.99. The van der Waals surface area contributed by atoms with Gasteiger partial charge in [0.2, 0.25) is 10.0 Å². The molecule has 1 saturated heterocycles. The lowest BCUT2D eigenvalue weighted by atomic mass is 10.2. The molecule has 2 aromatic rings. The van der Waals surface area contributed by atoms with Gasteiger partial charge in [-0.05, 0) is 43.2 Å². The van der Waals surface area contributed by atoms with E-state index in [0.717, 1.165) is 6.42 Å². The molecule has 0 spiro atoms. The Kier molecular flexibility index (Phi) is 4.32. The highest BCUT2D eigenvalue weighted by Crippen LogP contribution is 2.32. The average Bonchev–Trinajstić information content (AvgIpc) is 3.02. The molecule has 2 heterocycles. The fourth-order valence-electron chi connectivity index (χ4n) is 2.45. The van der Waals surface area contributed by atoms with Gasteiger partial charge in [0, 0.05) is 12.2 Å². The molecule has 0 bridgehead atoms. The second-order valence-electron chi connectivity index (χ2n) is 5.19. The number of furan rings is 1. The van der Waals surface area contributed by atoms with Crippen LogP contribution >= 0.6 is 11.6 Å². The van der Waals surface area contributed by atoms with Gasteiger partial charge >= 0.3 is 0 Å². The van der Waals surface area contributed by atoms with Gasteiger partial charge in [-0.15, -0.1) is 0 Å². The first kappa shape index (κ1) is 15.9. The molecule has 3 rings (SSSR count). The molecule has 1 amide bonds. The molecular formula is C15H15ClN2O4S. The SMILES string of the molecule is O=C(Nc1ccc(N2CCCCS2(=O)=O)c(Cl)c1)c1ccco1. The Balaban J connectivity index is 1.82. The molecule has 1 aliphatic heterocycles. The van der Waals surface area contributed by atoms with Gasteiger partial charge in [0.1, 0.15) is 0 Å². The van der Waals surface area contributed by atoms with Gasteiger partial charge in [-0.2, -0.15) is 0 Å². The highest BCUT2D eigenvalue weighted by atomic mass is 35.5. The summed E-state index contributed by atoms with van der Waals surface area (Å²) < 4.78 is 30.6. The predicted molar refractivity (Wildman–Crippen MR) is 88.5 cm³/mol. The number of hydrogen-bond donors (Lipinski definition) is 1. The largest absolute Gasteiger partial charge is 0.459 e. The monoisotopic (exact) mass is 354 g/mol. The molecule has 1 aliphatic rings. The first-order chi connectivity index (χ1) is 11.0. The van der Waals surface area contributed by atoms with E-state index >= 15 is 0 Å². The molecule has 23 heavy (non-hydrogen) atoms. The number of carbonyl (C=O) groups is 1. The summed E-state index contributed by atoms with van der Waals surface area (Å²) in [6.45, 7) is 0.417. The number of nitrogens with zero attached hydrogens (tertiary/aromatic N) is 1. The number of rotatable bonds is 3. The summed E-state index contributed by atoms with van der Waals surface area (Å²) in [5.74, 6) is -0.0893. The van der Waals surface area contributed by atoms with Crippen molar-refractivity contribution in [2.75, 3.05) is 21.9 Å². The third-order valence-electron chi connectivity index (χ3n) is 3.57. The van der Waals surface area contributed by atoms with Crippen LogP contribution in [0.4, 0.5) is 11.4 Å². The van der Waals surface area contributed by atoms with Crippen molar-refractivity contribution < 1.29 is 17.6 Å². The van der Waals surface area contributed by atoms with E-state index < -0.39 is 15.9 Å². The van der Waals surface area contributed by atoms with Crippen LogP contribution in [0.1, 0.15) is 23.4 Å². The van der Waals surface area contributed by atoms with Crippen LogP contribution in [0.3, 0.4) is 0 Å². The Bertz CT molecular complexity index is 818. The van der Waals surface area contributed by atoms with Crippen molar-refractivity contribution in [3.05, 3.63) is 47.4 Å². The zero-order chi connectivity index (χ0) is 16.4. The highest BCUT2D eigenvalue weighted by Gasteiger charge is 2.27. The number of amides is 1. The molecule has 0 radical (unpaired) electrons. The van der Waals surface area contributed by atoms with Gasteiger partial charge in [-0.25, -0.2) is 8.42 Å². The van der Waals surface area contributed by atoms with Gasteiger partial charge in [0.05, 0.1) is 22.7 Å². The Morgan fingerprint density at radius 2 is 2.09 bits per heavy atom. The van der Waals surface area contributed by atoms with E-state index in [1.165, 1.54) is 16.6 Å². The second kappa shape index (κ2) is 6.25. The molecule has 0 unspecified atom stereocenters. The van der Waals surface area contributed by atoms with Gasteiger partial charge in [0.15, 0.2) is 5.76 Å². The molecule has 122 valence electrons. The average molecular weight is 355 g/mol. The van der Waals surface area contributed by atoms with Crippen molar-refractivity contribution >= 4 is 38.9 Å². The van der Waals surface area contributed by atoms with Gasteiger partial charge < -0.3 is 9.73 Å². The van der Waals surface area contributed by atoms with E-state index in [2.05, 4.69) is 5.32 Å². The molecule has 1 fully saturated rings. The van der Waals surface area contributed by atoms with Crippen LogP contribution in [0.5, 0.6) is 0 Å². The van der Waals surface area contributed by atoms with Crippen molar-refractivity contribution in [2.45, 2.75) is 12.8 Å².